The Bertz CT molecular complexity index is 639. The molecule has 11 N–H and O–H groups in total. The smallest absolute Gasteiger partial charge is 0.187 e. The van der Waals surface area contributed by atoms with Crippen LogP contribution in [0, 0.1) is 0 Å². The lowest BCUT2D eigenvalue weighted by Gasteiger charge is -2.48. The number of aliphatic hydroxyl groups is 11. The molecule has 0 saturated carbocycles. The van der Waals surface area contributed by atoms with Crippen molar-refractivity contribution in [1.82, 2.24) is 0 Å². The van der Waals surface area contributed by atoms with Crippen molar-refractivity contribution in [2.75, 3.05) is 19.8 Å². The minimum Gasteiger partial charge on any atom is -0.394 e. The minimum atomic E-state index is -1.90. The first kappa shape index (κ1) is 27.9. The van der Waals surface area contributed by atoms with Gasteiger partial charge in [0.1, 0.15) is 73.2 Å². The lowest BCUT2D eigenvalue weighted by Crippen LogP contribution is -2.66. The predicted molar refractivity (Wildman–Crippen MR) is 101 cm³/mol. The topological polar surface area (TPSA) is 269 Å². The maximum atomic E-state index is 10.6. The van der Waals surface area contributed by atoms with Crippen molar-refractivity contribution in [2.24, 2.45) is 0 Å². The van der Waals surface area contributed by atoms with E-state index < -0.39 is 112 Å². The predicted octanol–water partition coefficient (Wildman–Crippen LogP) is -7.57. The number of hydrogen-bond acceptors (Lipinski definition) is 16. The Morgan fingerprint density at radius 2 is 0.853 bits per heavy atom. The fourth-order valence-corrected chi connectivity index (χ4v) is 4.02. The van der Waals surface area contributed by atoms with E-state index in [1.807, 2.05) is 0 Å². The standard InChI is InChI=1S/C18H32O16/c19-1-4-8(23)11(26)14(16(29)30-4)33-18-15(12(27)9(24)6(3-21)32-18)34-17-13(28)10(25)7(22)5(2-20)31-17/h4-29H,1-3H2/t4-,5-,6-,7-,8-,9-,10+,11+,12+,13-,14-,15-,16+,17+,18-/m1/s1. The van der Waals surface area contributed by atoms with Crippen LogP contribution < -0.4 is 0 Å². The van der Waals surface area contributed by atoms with Crippen LogP contribution in [0.4, 0.5) is 0 Å². The maximum Gasteiger partial charge on any atom is 0.187 e. The van der Waals surface area contributed by atoms with Gasteiger partial charge in [-0.1, -0.05) is 0 Å². The number of ether oxygens (including phenoxy) is 5. The van der Waals surface area contributed by atoms with Crippen molar-refractivity contribution >= 4 is 0 Å². The summed E-state index contributed by atoms with van der Waals surface area (Å²) in [5.74, 6) is 0. The molecule has 3 aliphatic heterocycles. The number of hydrogen-bond donors (Lipinski definition) is 11. The fourth-order valence-electron chi connectivity index (χ4n) is 4.02. The first-order valence-electron chi connectivity index (χ1n) is 10.6. The molecule has 3 aliphatic rings. The SMILES string of the molecule is OC[C@H]1O[C@@H](O[C@H]2[C@@H](O[C@@H]3[C@@H](O)[C@H](O)[C@@H](CO)O[C@@H]3O)O[C@H](CO)[C@@H](O)[C@@H]2O)[C@H](O)[C@@H](O)[C@@H]1O. The van der Waals surface area contributed by atoms with Crippen LogP contribution in [0.15, 0.2) is 0 Å². The van der Waals surface area contributed by atoms with Gasteiger partial charge in [0, 0.05) is 0 Å². The van der Waals surface area contributed by atoms with Crippen LogP contribution in [-0.4, -0.2) is 168 Å². The zero-order valence-electron chi connectivity index (χ0n) is 17.7. The molecule has 16 nitrogen and oxygen atoms in total. The van der Waals surface area contributed by atoms with Gasteiger partial charge >= 0.3 is 0 Å². The molecular formula is C18H32O16. The fraction of sp³-hybridized carbons (Fsp3) is 1.00. The lowest BCUT2D eigenvalue weighted by molar-refractivity contribution is -0.391. The van der Waals surface area contributed by atoms with E-state index in [2.05, 4.69) is 0 Å². The van der Waals surface area contributed by atoms with Crippen molar-refractivity contribution in [1.29, 1.82) is 0 Å². The van der Waals surface area contributed by atoms with E-state index >= 15 is 0 Å². The van der Waals surface area contributed by atoms with Crippen molar-refractivity contribution in [3.63, 3.8) is 0 Å². The molecule has 0 spiro atoms. The van der Waals surface area contributed by atoms with E-state index in [9.17, 15) is 56.2 Å². The second-order valence-corrected chi connectivity index (χ2v) is 8.33. The molecule has 0 aromatic carbocycles. The Labute approximate surface area is 192 Å². The molecule has 0 amide bonds. The van der Waals surface area contributed by atoms with E-state index in [4.69, 9.17) is 23.7 Å². The monoisotopic (exact) mass is 504 g/mol. The van der Waals surface area contributed by atoms with Gasteiger partial charge in [-0.25, -0.2) is 0 Å². The average Bonchev–Trinajstić information content (AvgIpc) is 2.83. The highest BCUT2D eigenvalue weighted by Crippen LogP contribution is 2.32. The Morgan fingerprint density at radius 1 is 0.441 bits per heavy atom. The highest BCUT2D eigenvalue weighted by Gasteiger charge is 2.53. The summed E-state index contributed by atoms with van der Waals surface area (Å²) < 4.78 is 26.5. The zero-order valence-corrected chi connectivity index (χ0v) is 17.7. The summed E-state index contributed by atoms with van der Waals surface area (Å²) in [7, 11) is 0. The molecule has 0 unspecified atom stereocenters. The molecule has 0 radical (unpaired) electrons. The van der Waals surface area contributed by atoms with Crippen molar-refractivity contribution in [3.8, 4) is 0 Å². The van der Waals surface area contributed by atoms with Crippen LogP contribution in [0.3, 0.4) is 0 Å². The molecule has 0 aromatic rings. The summed E-state index contributed by atoms with van der Waals surface area (Å²) in [6, 6.07) is 0. The van der Waals surface area contributed by atoms with E-state index in [0.29, 0.717) is 0 Å². The Hall–Kier alpha value is -0.640. The van der Waals surface area contributed by atoms with E-state index in [1.54, 1.807) is 0 Å². The number of rotatable bonds is 7. The Balaban J connectivity index is 1.82. The van der Waals surface area contributed by atoms with Crippen LogP contribution >= 0.6 is 0 Å². The summed E-state index contributed by atoms with van der Waals surface area (Å²) >= 11 is 0. The molecule has 3 fully saturated rings. The van der Waals surface area contributed by atoms with E-state index in [1.165, 1.54) is 0 Å². The van der Waals surface area contributed by atoms with Crippen LogP contribution in [0.1, 0.15) is 0 Å². The van der Waals surface area contributed by atoms with Crippen molar-refractivity contribution in [2.45, 2.75) is 92.1 Å². The van der Waals surface area contributed by atoms with Gasteiger partial charge in [-0.15, -0.1) is 0 Å². The third kappa shape index (κ3) is 5.37. The van der Waals surface area contributed by atoms with E-state index in [-0.39, 0.29) is 0 Å². The van der Waals surface area contributed by atoms with Gasteiger partial charge in [-0.2, -0.15) is 0 Å². The molecule has 3 heterocycles. The van der Waals surface area contributed by atoms with Gasteiger partial charge in [0.15, 0.2) is 18.9 Å². The van der Waals surface area contributed by atoms with Gasteiger partial charge in [0.25, 0.3) is 0 Å². The van der Waals surface area contributed by atoms with Crippen LogP contribution in [0.2, 0.25) is 0 Å². The normalized spacial score (nSPS) is 52.5. The molecule has 200 valence electrons. The van der Waals surface area contributed by atoms with Crippen molar-refractivity contribution in [3.05, 3.63) is 0 Å². The van der Waals surface area contributed by atoms with Gasteiger partial charge in [0.2, 0.25) is 0 Å². The molecule has 3 saturated heterocycles. The molecule has 3 rings (SSSR count). The molecule has 34 heavy (non-hydrogen) atoms. The summed E-state index contributed by atoms with van der Waals surface area (Å²) in [4.78, 5) is 0. The summed E-state index contributed by atoms with van der Waals surface area (Å²) in [6.07, 6.45) is -25.7. The summed E-state index contributed by atoms with van der Waals surface area (Å²) in [5.41, 5.74) is 0. The second kappa shape index (κ2) is 11.6. The van der Waals surface area contributed by atoms with Crippen LogP contribution in [0.5, 0.6) is 0 Å². The van der Waals surface area contributed by atoms with Gasteiger partial charge in [-0.3, -0.25) is 0 Å². The lowest BCUT2D eigenvalue weighted by atomic mass is 9.96. The quantitative estimate of drug-likeness (QED) is 0.154. The minimum absolute atomic E-state index is 0.734. The van der Waals surface area contributed by atoms with Crippen molar-refractivity contribution < 1.29 is 79.9 Å². The first-order valence-corrected chi connectivity index (χ1v) is 10.6. The molecule has 16 heteroatoms. The summed E-state index contributed by atoms with van der Waals surface area (Å²) in [6.45, 7) is -2.31. The largest absolute Gasteiger partial charge is 0.394 e. The van der Waals surface area contributed by atoms with Crippen LogP contribution in [0.25, 0.3) is 0 Å². The van der Waals surface area contributed by atoms with E-state index in [0.717, 1.165) is 0 Å². The first-order chi connectivity index (χ1) is 16.0. The maximum absolute atomic E-state index is 10.6. The van der Waals surface area contributed by atoms with Gasteiger partial charge in [0.05, 0.1) is 19.8 Å². The highest BCUT2D eigenvalue weighted by atomic mass is 16.8. The molecule has 0 aliphatic carbocycles. The van der Waals surface area contributed by atoms with Gasteiger partial charge < -0.3 is 79.9 Å². The molecule has 0 aromatic heterocycles. The molecule has 15 atom stereocenters. The number of aliphatic hydroxyl groups excluding tert-OH is 11. The third-order valence-corrected chi connectivity index (χ3v) is 6.10. The highest BCUT2D eigenvalue weighted by molar-refractivity contribution is 4.95. The Kier molecular flexibility index (Phi) is 9.54. The van der Waals surface area contributed by atoms with Gasteiger partial charge in [-0.05, 0) is 0 Å². The molecule has 0 bridgehead atoms. The average molecular weight is 504 g/mol. The summed E-state index contributed by atoms with van der Waals surface area (Å²) in [5, 5.41) is 109. The Morgan fingerprint density at radius 3 is 1.38 bits per heavy atom. The zero-order chi connectivity index (χ0) is 25.3. The van der Waals surface area contributed by atoms with Crippen LogP contribution in [-0.2, 0) is 23.7 Å². The third-order valence-electron chi connectivity index (χ3n) is 6.10. The second-order valence-electron chi connectivity index (χ2n) is 8.33. The molecular weight excluding hydrogens is 472 g/mol.